The second-order valence-corrected chi connectivity index (χ2v) is 0.701. The molecule has 0 spiro atoms. The van der Waals surface area contributed by atoms with Crippen LogP contribution in [0, 0.1) is 0 Å². The molecule has 0 saturated heterocycles. The molecular formula is C2H8N2O2Pd. The number of amides is 1. The molecular weight excluding hydrogens is 190 g/mol. The van der Waals surface area contributed by atoms with Crippen molar-refractivity contribution in [1.82, 2.24) is 5.43 Å². The third kappa shape index (κ3) is 23.6. The van der Waals surface area contributed by atoms with Gasteiger partial charge in [-0.3, -0.25) is 10.2 Å². The first-order valence-electron chi connectivity index (χ1n) is 1.24. The molecule has 7 heavy (non-hydrogen) atoms. The summed E-state index contributed by atoms with van der Waals surface area (Å²) in [6.07, 6.45) is 0. The molecule has 5 N–H and O–H groups in total. The van der Waals surface area contributed by atoms with E-state index in [1.165, 1.54) is 6.92 Å². The van der Waals surface area contributed by atoms with Gasteiger partial charge >= 0.3 is 0 Å². The number of carbonyl (C=O) groups is 1. The van der Waals surface area contributed by atoms with Gasteiger partial charge in [0, 0.05) is 27.3 Å². The van der Waals surface area contributed by atoms with Crippen molar-refractivity contribution in [2.24, 2.45) is 5.84 Å². The van der Waals surface area contributed by atoms with E-state index in [0.29, 0.717) is 0 Å². The maximum Gasteiger partial charge on any atom is 0.230 e. The molecule has 0 aliphatic rings. The van der Waals surface area contributed by atoms with E-state index in [2.05, 4.69) is 5.84 Å². The summed E-state index contributed by atoms with van der Waals surface area (Å²) in [7, 11) is 0. The Morgan fingerprint density at radius 1 is 1.71 bits per heavy atom. The van der Waals surface area contributed by atoms with Gasteiger partial charge in [-0.2, -0.15) is 0 Å². The minimum atomic E-state index is -0.218. The Hall–Kier alpha value is 0.0523. The summed E-state index contributed by atoms with van der Waals surface area (Å²) in [5.41, 5.74) is 1.89. The van der Waals surface area contributed by atoms with Crippen LogP contribution in [-0.4, -0.2) is 11.4 Å². The molecule has 0 aromatic carbocycles. The zero-order valence-electron chi connectivity index (χ0n) is 3.80. The second kappa shape index (κ2) is 9.41. The van der Waals surface area contributed by atoms with Crippen LogP contribution in [0.3, 0.4) is 0 Å². The van der Waals surface area contributed by atoms with E-state index in [1.807, 2.05) is 5.43 Å². The predicted molar refractivity (Wildman–Crippen MR) is 21.6 cm³/mol. The minimum absolute atomic E-state index is 0. The number of hydrogen-bond acceptors (Lipinski definition) is 2. The van der Waals surface area contributed by atoms with Crippen molar-refractivity contribution in [2.75, 3.05) is 0 Å². The fourth-order valence-corrected chi connectivity index (χ4v) is 0. The van der Waals surface area contributed by atoms with Crippen LogP contribution in [0.2, 0.25) is 0 Å². The molecule has 0 aliphatic heterocycles. The molecule has 0 heterocycles. The van der Waals surface area contributed by atoms with E-state index in [4.69, 9.17) is 0 Å². The summed E-state index contributed by atoms with van der Waals surface area (Å²) in [4.78, 5) is 9.58. The van der Waals surface area contributed by atoms with Gasteiger partial charge in [0.1, 0.15) is 0 Å². The Balaban J connectivity index is -0.0000000800. The van der Waals surface area contributed by atoms with Crippen LogP contribution >= 0.6 is 0 Å². The molecule has 1 amide bonds. The number of rotatable bonds is 0. The Bertz CT molecular complexity index is 49.0. The fraction of sp³-hybridized carbons (Fsp3) is 0.500. The molecule has 0 aliphatic carbocycles. The normalized spacial score (nSPS) is 4.86. The monoisotopic (exact) mass is 198 g/mol. The first kappa shape index (κ1) is 15.7. The molecule has 0 fully saturated rings. The number of nitrogens with two attached hydrogens (primary N) is 1. The smallest absolute Gasteiger partial charge is 0.230 e. The molecule has 0 bridgehead atoms. The number of hydrazine groups is 1. The van der Waals surface area contributed by atoms with Gasteiger partial charge in [0.15, 0.2) is 0 Å². The maximum absolute atomic E-state index is 9.58. The summed E-state index contributed by atoms with van der Waals surface area (Å²) >= 11 is 0. The summed E-state index contributed by atoms with van der Waals surface area (Å²) in [5.74, 6) is 4.35. The number of hydrogen-bond donors (Lipinski definition) is 2. The molecule has 0 saturated carbocycles. The van der Waals surface area contributed by atoms with E-state index in [9.17, 15) is 4.79 Å². The third-order valence-electron chi connectivity index (χ3n) is 0.203. The third-order valence-corrected chi connectivity index (χ3v) is 0.203. The molecule has 4 nitrogen and oxygen atoms in total. The van der Waals surface area contributed by atoms with Crippen LogP contribution in [0.15, 0.2) is 0 Å². The first-order valence-corrected chi connectivity index (χ1v) is 1.24. The van der Waals surface area contributed by atoms with E-state index >= 15 is 0 Å². The van der Waals surface area contributed by atoms with Crippen molar-refractivity contribution in [3.05, 3.63) is 0 Å². The first-order chi connectivity index (χ1) is 2.27. The van der Waals surface area contributed by atoms with Gasteiger partial charge in [0.25, 0.3) is 0 Å². The fourth-order valence-electron chi connectivity index (χ4n) is 0. The van der Waals surface area contributed by atoms with Gasteiger partial charge in [0.05, 0.1) is 0 Å². The van der Waals surface area contributed by atoms with Gasteiger partial charge in [-0.1, -0.05) is 0 Å². The molecule has 0 atom stereocenters. The van der Waals surface area contributed by atoms with E-state index in [-0.39, 0.29) is 31.8 Å². The predicted octanol–water partition coefficient (Wildman–Crippen LogP) is -1.83. The van der Waals surface area contributed by atoms with Crippen LogP contribution < -0.4 is 11.3 Å². The van der Waals surface area contributed by atoms with Gasteiger partial charge in [-0.25, -0.2) is 5.84 Å². The van der Waals surface area contributed by atoms with Crippen LogP contribution in [0.4, 0.5) is 0 Å². The topological polar surface area (TPSA) is 86.6 Å². The minimum Gasteiger partial charge on any atom is -0.412 e. The number of carbonyl (C=O) groups excluding carboxylic acids is 1. The van der Waals surface area contributed by atoms with Crippen molar-refractivity contribution >= 4 is 5.91 Å². The molecule has 0 aromatic heterocycles. The Labute approximate surface area is 55.4 Å². The molecule has 0 radical (unpaired) electrons. The van der Waals surface area contributed by atoms with Gasteiger partial charge < -0.3 is 5.48 Å². The van der Waals surface area contributed by atoms with E-state index in [1.54, 1.807) is 0 Å². The molecule has 0 aromatic rings. The molecule has 0 rings (SSSR count). The largest absolute Gasteiger partial charge is 0.412 e. The average Bonchev–Trinajstić information content (AvgIpc) is 1.38. The number of nitrogens with one attached hydrogen (secondary N) is 1. The summed E-state index contributed by atoms with van der Waals surface area (Å²) in [6.45, 7) is 1.35. The van der Waals surface area contributed by atoms with Crippen molar-refractivity contribution < 1.29 is 30.7 Å². The quantitative estimate of drug-likeness (QED) is 0.208. The van der Waals surface area contributed by atoms with Crippen LogP contribution in [0.1, 0.15) is 6.92 Å². The van der Waals surface area contributed by atoms with Gasteiger partial charge in [-0.05, 0) is 0 Å². The van der Waals surface area contributed by atoms with Gasteiger partial charge in [-0.15, -0.1) is 0 Å². The van der Waals surface area contributed by atoms with E-state index < -0.39 is 0 Å². The summed E-state index contributed by atoms with van der Waals surface area (Å²) in [6, 6.07) is 0. The zero-order valence-corrected chi connectivity index (χ0v) is 5.36. The summed E-state index contributed by atoms with van der Waals surface area (Å²) < 4.78 is 0. The summed E-state index contributed by atoms with van der Waals surface area (Å²) in [5, 5.41) is 0. The SMILES string of the molecule is CC(=O)NN.O.[Pd]. The standard InChI is InChI=1S/C2H6N2O.H2O.Pd/c1-2(5)4-3;;/h3H2,1H3,(H,4,5);1H2;. The van der Waals surface area contributed by atoms with Crippen molar-refractivity contribution in [3.8, 4) is 0 Å². The Kier molecular flexibility index (Phi) is 21.1. The van der Waals surface area contributed by atoms with Crippen LogP contribution in [0.5, 0.6) is 0 Å². The van der Waals surface area contributed by atoms with Gasteiger partial charge in [0.2, 0.25) is 5.91 Å². The van der Waals surface area contributed by atoms with Crippen LogP contribution in [0.25, 0.3) is 0 Å². The van der Waals surface area contributed by atoms with Crippen LogP contribution in [-0.2, 0) is 25.2 Å². The molecule has 5 heteroatoms. The maximum atomic E-state index is 9.58. The molecule has 0 unspecified atom stereocenters. The Morgan fingerprint density at radius 3 is 1.86 bits per heavy atom. The van der Waals surface area contributed by atoms with E-state index in [0.717, 1.165) is 0 Å². The van der Waals surface area contributed by atoms with Crippen molar-refractivity contribution in [3.63, 3.8) is 0 Å². The Morgan fingerprint density at radius 2 is 1.86 bits per heavy atom. The zero-order chi connectivity index (χ0) is 4.28. The average molecular weight is 199 g/mol. The second-order valence-electron chi connectivity index (χ2n) is 0.701. The van der Waals surface area contributed by atoms with Crippen molar-refractivity contribution in [1.29, 1.82) is 0 Å². The molecule has 48 valence electrons. The van der Waals surface area contributed by atoms with Crippen molar-refractivity contribution in [2.45, 2.75) is 6.92 Å².